The van der Waals surface area contributed by atoms with Crippen LogP contribution < -0.4 is 19.7 Å². The molecule has 272 valence electrons. The third-order valence-electron chi connectivity index (χ3n) is 9.18. The summed E-state index contributed by atoms with van der Waals surface area (Å²) in [5.74, 6) is -0.0160. The smallest absolute Gasteiger partial charge is 0.419 e. The van der Waals surface area contributed by atoms with Crippen molar-refractivity contribution < 1.29 is 29.0 Å². The van der Waals surface area contributed by atoms with Crippen LogP contribution in [0.4, 0.5) is 16.2 Å². The van der Waals surface area contributed by atoms with Gasteiger partial charge < -0.3 is 19.9 Å². The Balaban J connectivity index is 1.18. The van der Waals surface area contributed by atoms with Gasteiger partial charge in [0.25, 0.3) is 0 Å². The number of carbonyl (C=O) groups excluding carboxylic acids is 3. The Labute approximate surface area is 303 Å². The summed E-state index contributed by atoms with van der Waals surface area (Å²) >= 11 is 0. The number of fused-ring (bicyclic) bond motifs is 1. The van der Waals surface area contributed by atoms with E-state index in [0.717, 1.165) is 19.3 Å². The van der Waals surface area contributed by atoms with Crippen LogP contribution in [0.1, 0.15) is 120 Å². The normalized spacial score (nSPS) is 10.9. The topological polar surface area (TPSA) is 105 Å². The lowest BCUT2D eigenvalue weighted by atomic mass is 10.0. The Bertz CT molecular complexity index is 1670. The number of phenolic OH excluding ortho intramolecular Hbond substituents is 1. The largest absolute Gasteiger partial charge is 0.505 e. The van der Waals surface area contributed by atoms with E-state index in [2.05, 4.69) is 12.2 Å². The summed E-state index contributed by atoms with van der Waals surface area (Å²) in [6.07, 6.45) is 18.8. The molecule has 2 amide bonds. The molecule has 4 aromatic carbocycles. The third kappa shape index (κ3) is 12.8. The molecule has 0 aromatic heterocycles. The maximum atomic E-state index is 13.1. The van der Waals surface area contributed by atoms with Gasteiger partial charge in [0.15, 0.2) is 0 Å². The number of unbranched alkanes of at least 4 members (excludes halogenated alkanes) is 14. The van der Waals surface area contributed by atoms with Gasteiger partial charge in [0.1, 0.15) is 17.2 Å². The highest BCUT2D eigenvalue weighted by Gasteiger charge is 2.19. The number of aromatic hydroxyl groups is 1. The van der Waals surface area contributed by atoms with Crippen LogP contribution in [-0.2, 0) is 4.79 Å². The molecular formula is C43H54N2O6. The van der Waals surface area contributed by atoms with E-state index >= 15 is 0 Å². The molecule has 4 rings (SSSR count). The van der Waals surface area contributed by atoms with Crippen LogP contribution in [0.25, 0.3) is 10.8 Å². The number of hydrogen-bond acceptors (Lipinski definition) is 6. The number of amides is 2. The number of rotatable bonds is 21. The molecule has 8 heteroatoms. The summed E-state index contributed by atoms with van der Waals surface area (Å²) in [5.41, 5.74) is 1.17. The molecule has 0 saturated heterocycles. The lowest BCUT2D eigenvalue weighted by Crippen LogP contribution is -2.29. The minimum absolute atomic E-state index is 0.0565. The molecule has 0 fully saturated rings. The van der Waals surface area contributed by atoms with Gasteiger partial charge in [0, 0.05) is 24.2 Å². The van der Waals surface area contributed by atoms with Gasteiger partial charge in [-0.15, -0.1) is 0 Å². The molecule has 8 nitrogen and oxygen atoms in total. The molecular weight excluding hydrogens is 640 g/mol. The van der Waals surface area contributed by atoms with Crippen LogP contribution in [0, 0.1) is 0 Å². The fourth-order valence-electron chi connectivity index (χ4n) is 6.17. The van der Waals surface area contributed by atoms with Crippen molar-refractivity contribution in [3.8, 4) is 17.2 Å². The van der Waals surface area contributed by atoms with Gasteiger partial charge in [-0.1, -0.05) is 127 Å². The van der Waals surface area contributed by atoms with Crippen LogP contribution >= 0.6 is 0 Å². The average Bonchev–Trinajstić information content (AvgIpc) is 3.14. The van der Waals surface area contributed by atoms with Gasteiger partial charge in [0.05, 0.1) is 16.9 Å². The van der Waals surface area contributed by atoms with Crippen molar-refractivity contribution in [2.45, 2.75) is 110 Å². The molecule has 51 heavy (non-hydrogen) atoms. The highest BCUT2D eigenvalue weighted by Crippen LogP contribution is 2.37. The van der Waals surface area contributed by atoms with Crippen molar-refractivity contribution in [2.24, 2.45) is 0 Å². The first-order valence-electron chi connectivity index (χ1n) is 18.7. The minimum Gasteiger partial charge on any atom is -0.505 e. The van der Waals surface area contributed by atoms with Gasteiger partial charge in [-0.05, 0) is 61.0 Å². The van der Waals surface area contributed by atoms with Crippen molar-refractivity contribution in [3.63, 3.8) is 0 Å². The zero-order valence-electron chi connectivity index (χ0n) is 30.3. The third-order valence-corrected chi connectivity index (χ3v) is 9.18. The molecule has 4 aromatic rings. The fraction of sp³-hybridized carbons (Fsp3) is 0.419. The number of esters is 1. The second-order valence-electron chi connectivity index (χ2n) is 13.2. The van der Waals surface area contributed by atoms with Gasteiger partial charge in [-0.25, -0.2) is 9.59 Å². The summed E-state index contributed by atoms with van der Waals surface area (Å²) in [7, 11) is 1.58. The van der Waals surface area contributed by atoms with E-state index in [0.29, 0.717) is 39.9 Å². The summed E-state index contributed by atoms with van der Waals surface area (Å²) < 4.78 is 10.9. The molecule has 0 bridgehead atoms. The maximum Gasteiger partial charge on any atom is 0.419 e. The predicted octanol–water partition coefficient (Wildman–Crippen LogP) is 11.6. The van der Waals surface area contributed by atoms with E-state index in [1.165, 1.54) is 106 Å². The molecule has 0 aliphatic carbocycles. The van der Waals surface area contributed by atoms with Crippen molar-refractivity contribution in [1.82, 2.24) is 0 Å². The van der Waals surface area contributed by atoms with Crippen molar-refractivity contribution >= 4 is 40.1 Å². The number of para-hydroxylation sites is 1. The minimum atomic E-state index is -0.650. The molecule has 0 atom stereocenters. The Morgan fingerprint density at radius 1 is 0.608 bits per heavy atom. The number of nitrogens with zero attached hydrogens (tertiary/aromatic N) is 1. The molecule has 0 unspecified atom stereocenters. The number of ether oxygens (including phenoxy) is 2. The second-order valence-corrected chi connectivity index (χ2v) is 13.2. The number of phenols is 1. The highest BCUT2D eigenvalue weighted by atomic mass is 16.6. The second kappa shape index (κ2) is 21.4. The summed E-state index contributed by atoms with van der Waals surface area (Å²) in [5, 5.41) is 15.0. The molecule has 0 radical (unpaired) electrons. The Morgan fingerprint density at radius 3 is 1.78 bits per heavy atom. The van der Waals surface area contributed by atoms with Crippen molar-refractivity contribution in [3.05, 3.63) is 90.5 Å². The van der Waals surface area contributed by atoms with E-state index in [9.17, 15) is 19.5 Å². The summed E-state index contributed by atoms with van der Waals surface area (Å²) in [4.78, 5) is 39.6. The molecule has 0 heterocycles. The summed E-state index contributed by atoms with van der Waals surface area (Å²) in [6.45, 7) is 2.26. The SMILES string of the molecule is CCCCCCCCCCCCCCCCCC(=O)Nc1ccc2c(N(C)C(=O)Oc3ccc(C(=O)Oc4ccccc4)cc3)cccc2c1O. The first kappa shape index (κ1) is 38.9. The van der Waals surface area contributed by atoms with E-state index < -0.39 is 12.1 Å². The number of anilines is 2. The lowest BCUT2D eigenvalue weighted by Gasteiger charge is -2.20. The first-order valence-corrected chi connectivity index (χ1v) is 18.7. The number of carbonyl (C=O) groups is 3. The van der Waals surface area contributed by atoms with Crippen LogP contribution in [0.2, 0.25) is 0 Å². The van der Waals surface area contributed by atoms with Crippen molar-refractivity contribution in [1.29, 1.82) is 0 Å². The maximum absolute atomic E-state index is 13.1. The molecule has 0 aliphatic heterocycles. The van der Waals surface area contributed by atoms with Gasteiger partial charge in [-0.3, -0.25) is 9.69 Å². The van der Waals surface area contributed by atoms with Gasteiger partial charge >= 0.3 is 12.1 Å². The van der Waals surface area contributed by atoms with E-state index in [1.807, 2.05) is 6.07 Å². The lowest BCUT2D eigenvalue weighted by molar-refractivity contribution is -0.116. The quantitative estimate of drug-likeness (QED) is 0.0389. The van der Waals surface area contributed by atoms with Crippen LogP contribution in [0.15, 0.2) is 84.9 Å². The Hall–Kier alpha value is -4.85. The number of hydrogen-bond donors (Lipinski definition) is 2. The van der Waals surface area contributed by atoms with Crippen molar-refractivity contribution in [2.75, 3.05) is 17.3 Å². The number of nitrogens with one attached hydrogen (secondary N) is 1. The van der Waals surface area contributed by atoms with Crippen LogP contribution in [0.5, 0.6) is 17.2 Å². The van der Waals surface area contributed by atoms with Gasteiger partial charge in [0.2, 0.25) is 5.91 Å². The molecule has 0 aliphatic rings. The standard InChI is InChI=1S/C43H54N2O6/c1-3-4-5-6-7-8-9-10-11-12-13-14-15-16-20-26-40(46)44-38-32-31-36-37(41(38)47)24-21-25-39(36)45(2)43(49)51-35-29-27-33(28-30-35)42(48)50-34-22-18-17-19-23-34/h17-19,21-25,27-32,47H,3-16,20,26H2,1-2H3,(H,44,46). The van der Waals surface area contributed by atoms with E-state index in [4.69, 9.17) is 9.47 Å². The van der Waals surface area contributed by atoms with E-state index in [1.54, 1.807) is 61.6 Å². The fourth-order valence-corrected chi connectivity index (χ4v) is 6.17. The van der Waals surface area contributed by atoms with Crippen LogP contribution in [-0.4, -0.2) is 30.1 Å². The van der Waals surface area contributed by atoms with E-state index in [-0.39, 0.29) is 17.4 Å². The Morgan fingerprint density at radius 2 is 1.18 bits per heavy atom. The first-order chi connectivity index (χ1) is 24.9. The van der Waals surface area contributed by atoms with Crippen LogP contribution in [0.3, 0.4) is 0 Å². The average molecular weight is 695 g/mol. The van der Waals surface area contributed by atoms with Gasteiger partial charge in [-0.2, -0.15) is 0 Å². The molecule has 2 N–H and O–H groups in total. The zero-order valence-corrected chi connectivity index (χ0v) is 30.3. The zero-order chi connectivity index (χ0) is 36.3. The summed E-state index contributed by atoms with van der Waals surface area (Å²) in [6, 6.07) is 23.5. The molecule has 0 spiro atoms. The monoisotopic (exact) mass is 694 g/mol. The Kier molecular flexibility index (Phi) is 16.3. The highest BCUT2D eigenvalue weighted by molar-refractivity contribution is 6.07. The number of benzene rings is 4. The molecule has 0 saturated carbocycles. The predicted molar refractivity (Wildman–Crippen MR) is 206 cm³/mol.